The fourth-order valence-corrected chi connectivity index (χ4v) is 5.39. The van der Waals surface area contributed by atoms with Gasteiger partial charge in [0.25, 0.3) is 5.91 Å². The summed E-state index contributed by atoms with van der Waals surface area (Å²) in [6.07, 6.45) is 1.99. The lowest BCUT2D eigenvalue weighted by molar-refractivity contribution is 0.102. The molecule has 2 N–H and O–H groups in total. The number of fused-ring (bicyclic) bond motifs is 1. The van der Waals surface area contributed by atoms with Gasteiger partial charge in [-0.15, -0.1) is 11.3 Å². The van der Waals surface area contributed by atoms with Gasteiger partial charge in [0, 0.05) is 17.8 Å². The number of aromatic nitrogens is 3. The number of nitrogens with one attached hydrogen (secondary N) is 2. The summed E-state index contributed by atoms with van der Waals surface area (Å²) in [6.45, 7) is 2.81. The second-order valence-electron chi connectivity index (χ2n) is 8.25. The molecule has 1 saturated heterocycles. The van der Waals surface area contributed by atoms with Crippen LogP contribution in [0.25, 0.3) is 11.0 Å². The minimum absolute atomic E-state index is 0.308. The van der Waals surface area contributed by atoms with E-state index in [1.165, 1.54) is 16.9 Å². The molecular weight excluding hydrogens is 491 g/mol. The smallest absolute Gasteiger partial charge is 0.277 e. The fourth-order valence-electron chi connectivity index (χ4n) is 4.10. The molecule has 0 unspecified atom stereocenters. The number of hydrogen-bond donors (Lipinski definition) is 2. The Morgan fingerprint density at radius 1 is 1.18 bits per heavy atom. The number of nitriles is 1. The van der Waals surface area contributed by atoms with E-state index in [0.29, 0.717) is 44.2 Å². The van der Waals surface area contributed by atoms with E-state index in [9.17, 15) is 4.79 Å². The number of halogens is 2. The molecule has 1 aliphatic heterocycles. The second kappa shape index (κ2) is 9.72. The number of nitrogens with zero attached hydrogens (tertiary/aromatic N) is 4. The normalized spacial score (nSPS) is 14.9. The minimum atomic E-state index is -0.308. The second-order valence-corrected chi connectivity index (χ2v) is 9.96. The highest BCUT2D eigenvalue weighted by atomic mass is 35.5. The van der Waals surface area contributed by atoms with Gasteiger partial charge in [-0.3, -0.25) is 15.0 Å². The number of imidazole rings is 1. The van der Waals surface area contributed by atoms with Gasteiger partial charge in [0.1, 0.15) is 5.69 Å². The van der Waals surface area contributed by atoms with E-state index < -0.39 is 0 Å². The van der Waals surface area contributed by atoms with Crippen LogP contribution in [-0.2, 0) is 6.54 Å². The monoisotopic (exact) mass is 510 g/mol. The molecule has 172 valence electrons. The molecule has 1 aliphatic rings. The van der Waals surface area contributed by atoms with Crippen molar-refractivity contribution in [3.05, 3.63) is 73.7 Å². The van der Waals surface area contributed by atoms with Crippen molar-refractivity contribution < 1.29 is 4.79 Å². The highest BCUT2D eigenvalue weighted by Crippen LogP contribution is 2.31. The number of amides is 1. The predicted molar refractivity (Wildman–Crippen MR) is 135 cm³/mol. The van der Waals surface area contributed by atoms with Crippen molar-refractivity contribution in [3.63, 3.8) is 0 Å². The van der Waals surface area contributed by atoms with Crippen LogP contribution in [0.4, 0.5) is 5.95 Å². The quantitative estimate of drug-likeness (QED) is 0.351. The zero-order valence-corrected chi connectivity index (χ0v) is 20.3. The van der Waals surface area contributed by atoms with Crippen molar-refractivity contribution in [2.24, 2.45) is 0 Å². The van der Waals surface area contributed by atoms with E-state index in [-0.39, 0.29) is 5.91 Å². The third-order valence-corrected chi connectivity index (χ3v) is 7.67. The molecule has 0 bridgehead atoms. The van der Waals surface area contributed by atoms with Crippen molar-refractivity contribution in [3.8, 4) is 6.07 Å². The molecule has 0 spiro atoms. The van der Waals surface area contributed by atoms with Gasteiger partial charge < -0.3 is 4.98 Å². The number of H-pyrrole nitrogens is 1. The number of carbonyl (C=O) groups is 1. The first kappa shape index (κ1) is 22.8. The van der Waals surface area contributed by atoms with Crippen LogP contribution < -0.4 is 5.32 Å². The zero-order chi connectivity index (χ0) is 23.7. The summed E-state index contributed by atoms with van der Waals surface area (Å²) in [6, 6.07) is 13.2. The summed E-state index contributed by atoms with van der Waals surface area (Å²) < 4.78 is 0. The number of likely N-dealkylation sites (tertiary alicyclic amines) is 1. The van der Waals surface area contributed by atoms with Gasteiger partial charge in [-0.05, 0) is 55.8 Å². The third-order valence-electron chi connectivity index (χ3n) is 5.94. The molecule has 0 atom stereocenters. The molecular formula is C24H20Cl2N6OS. The SMILES string of the molecule is N#Cc1ccc(CN2CCC(c3nc(C(=O)Nc4nc5cc(Cl)c(Cl)cc5[nH]4)cs3)CC2)cc1. The van der Waals surface area contributed by atoms with Crippen LogP contribution in [0.2, 0.25) is 10.0 Å². The Labute approximate surface area is 210 Å². The lowest BCUT2D eigenvalue weighted by Gasteiger charge is -2.31. The van der Waals surface area contributed by atoms with Gasteiger partial charge in [-0.2, -0.15) is 5.26 Å². The van der Waals surface area contributed by atoms with Crippen molar-refractivity contribution in [1.29, 1.82) is 5.26 Å². The van der Waals surface area contributed by atoms with Crippen molar-refractivity contribution in [2.75, 3.05) is 18.4 Å². The van der Waals surface area contributed by atoms with Crippen LogP contribution in [0, 0.1) is 11.3 Å². The Morgan fingerprint density at radius 3 is 2.65 bits per heavy atom. The van der Waals surface area contributed by atoms with Gasteiger partial charge in [0.2, 0.25) is 5.95 Å². The number of anilines is 1. The van der Waals surface area contributed by atoms with Gasteiger partial charge in [0.15, 0.2) is 0 Å². The average Bonchev–Trinajstić information content (AvgIpc) is 3.48. The highest BCUT2D eigenvalue weighted by Gasteiger charge is 2.24. The number of carbonyl (C=O) groups excluding carboxylic acids is 1. The summed E-state index contributed by atoms with van der Waals surface area (Å²) >= 11 is 13.6. The maximum Gasteiger partial charge on any atom is 0.277 e. The summed E-state index contributed by atoms with van der Waals surface area (Å²) in [5.41, 5.74) is 3.59. The number of hydrogen-bond acceptors (Lipinski definition) is 6. The molecule has 1 amide bonds. The largest absolute Gasteiger partial charge is 0.324 e. The number of thiazole rings is 1. The van der Waals surface area contributed by atoms with Crippen LogP contribution >= 0.6 is 34.5 Å². The van der Waals surface area contributed by atoms with E-state index in [1.54, 1.807) is 17.5 Å². The zero-order valence-electron chi connectivity index (χ0n) is 18.0. The first-order chi connectivity index (χ1) is 16.5. The van der Waals surface area contributed by atoms with Gasteiger partial charge in [0.05, 0.1) is 37.7 Å². The van der Waals surface area contributed by atoms with Crippen LogP contribution in [0.3, 0.4) is 0 Å². The Kier molecular flexibility index (Phi) is 6.53. The van der Waals surface area contributed by atoms with Crippen LogP contribution in [-0.4, -0.2) is 38.8 Å². The van der Waals surface area contributed by atoms with E-state index >= 15 is 0 Å². The number of aromatic amines is 1. The average molecular weight is 511 g/mol. The van der Waals surface area contributed by atoms with Crippen molar-refractivity contribution >= 4 is 57.4 Å². The molecule has 1 fully saturated rings. The standard InChI is InChI=1S/C24H20Cl2N6OS/c25-17-9-19-20(10-18(17)26)30-24(29-19)31-22(33)21-13-34-23(28-21)16-5-7-32(8-6-16)12-15-3-1-14(11-27)2-4-15/h1-4,9-10,13,16H,5-8,12H2,(H2,29,30,31,33). The molecule has 34 heavy (non-hydrogen) atoms. The maximum absolute atomic E-state index is 12.7. The third kappa shape index (κ3) is 4.93. The highest BCUT2D eigenvalue weighted by molar-refractivity contribution is 7.10. The summed E-state index contributed by atoms with van der Waals surface area (Å²) in [5.74, 6) is 0.361. The van der Waals surface area contributed by atoms with Crippen LogP contribution in [0.5, 0.6) is 0 Å². The molecule has 2 aromatic heterocycles. The number of benzene rings is 2. The molecule has 2 aromatic carbocycles. The summed E-state index contributed by atoms with van der Waals surface area (Å²) in [7, 11) is 0. The molecule has 3 heterocycles. The summed E-state index contributed by atoms with van der Waals surface area (Å²) in [5, 5.41) is 15.3. The Hall–Kier alpha value is -2.96. The van der Waals surface area contributed by atoms with E-state index in [0.717, 1.165) is 37.5 Å². The van der Waals surface area contributed by atoms with E-state index in [2.05, 4.69) is 31.2 Å². The van der Waals surface area contributed by atoms with Gasteiger partial charge >= 0.3 is 0 Å². The van der Waals surface area contributed by atoms with E-state index in [4.69, 9.17) is 28.5 Å². The van der Waals surface area contributed by atoms with E-state index in [1.807, 2.05) is 24.3 Å². The predicted octanol–water partition coefficient (Wildman–Crippen LogP) is 5.83. The summed E-state index contributed by atoms with van der Waals surface area (Å²) in [4.78, 5) is 27.1. The topological polar surface area (TPSA) is 97.7 Å². The van der Waals surface area contributed by atoms with Gasteiger partial charge in [-0.1, -0.05) is 35.3 Å². The molecule has 7 nitrogen and oxygen atoms in total. The molecule has 5 rings (SSSR count). The van der Waals surface area contributed by atoms with Gasteiger partial charge in [-0.25, -0.2) is 9.97 Å². The van der Waals surface area contributed by atoms with Crippen molar-refractivity contribution in [1.82, 2.24) is 19.9 Å². The first-order valence-electron chi connectivity index (χ1n) is 10.8. The van der Waals surface area contributed by atoms with Crippen molar-refractivity contribution in [2.45, 2.75) is 25.3 Å². The number of piperidine rings is 1. The first-order valence-corrected chi connectivity index (χ1v) is 12.4. The Balaban J connectivity index is 1.18. The van der Waals surface area contributed by atoms with Crippen LogP contribution in [0.15, 0.2) is 41.8 Å². The minimum Gasteiger partial charge on any atom is -0.324 e. The van der Waals surface area contributed by atoms with Crippen LogP contribution in [0.1, 0.15) is 45.4 Å². The maximum atomic E-state index is 12.7. The lowest BCUT2D eigenvalue weighted by atomic mass is 9.97. The molecule has 0 saturated carbocycles. The lowest BCUT2D eigenvalue weighted by Crippen LogP contribution is -2.32. The molecule has 0 aliphatic carbocycles. The number of rotatable bonds is 5. The Morgan fingerprint density at radius 2 is 1.91 bits per heavy atom. The molecule has 0 radical (unpaired) electrons. The molecule has 4 aromatic rings. The fraction of sp³-hybridized carbons (Fsp3) is 0.250. The Bertz CT molecular complexity index is 1340. The molecule has 10 heteroatoms.